The minimum atomic E-state index is -1.08. The van der Waals surface area contributed by atoms with E-state index in [1.807, 2.05) is 6.92 Å². The standard InChI is InChI=1S/C29H29BrN8O5/c1-14-4-5-24(30)34-27(14)35-28(43)20-7-29(23(41)13-39)8-22(29)38(20)25(42)12-37-21-11-33-19(17-9-31-16(3)32-10-17)6-18(21)26(36-37)15(2)40/h4-6,9-11,20,22-23,39,41H,7-8,12-13H2,1-3H3,(H,34,35,43)/t20-,22+,23?,29+/m0/s1. The second-order valence-electron chi connectivity index (χ2n) is 11.1. The molecule has 3 N–H and O–H groups in total. The van der Waals surface area contributed by atoms with Crippen LogP contribution in [-0.2, 0) is 16.1 Å². The molecule has 14 heteroatoms. The molecular formula is C29H29BrN8O5. The van der Waals surface area contributed by atoms with Crippen LogP contribution in [0.2, 0.25) is 0 Å². The quantitative estimate of drug-likeness (QED) is 0.190. The molecular weight excluding hydrogens is 620 g/mol. The summed E-state index contributed by atoms with van der Waals surface area (Å²) in [6.07, 6.45) is 4.39. The van der Waals surface area contributed by atoms with Crippen LogP contribution in [0.3, 0.4) is 0 Å². The molecule has 0 spiro atoms. The van der Waals surface area contributed by atoms with Gasteiger partial charge in [-0.15, -0.1) is 0 Å². The largest absolute Gasteiger partial charge is 0.394 e. The summed E-state index contributed by atoms with van der Waals surface area (Å²) >= 11 is 3.31. The number of piperidine rings is 1. The lowest BCUT2D eigenvalue weighted by molar-refractivity contribution is -0.138. The maximum atomic E-state index is 13.9. The highest BCUT2D eigenvalue weighted by Gasteiger charge is 2.70. The molecule has 1 saturated heterocycles. The van der Waals surface area contributed by atoms with Gasteiger partial charge >= 0.3 is 0 Å². The summed E-state index contributed by atoms with van der Waals surface area (Å²) < 4.78 is 1.96. The third kappa shape index (κ3) is 5.08. The number of aryl methyl sites for hydroxylation is 2. The number of likely N-dealkylation sites (tertiary alicyclic amines) is 1. The highest BCUT2D eigenvalue weighted by Crippen LogP contribution is 2.61. The Hall–Kier alpha value is -4.14. The van der Waals surface area contributed by atoms with Crippen molar-refractivity contribution in [3.8, 4) is 11.3 Å². The van der Waals surface area contributed by atoms with Gasteiger partial charge in [0.25, 0.3) is 0 Å². The molecule has 1 aliphatic heterocycles. The third-order valence-corrected chi connectivity index (χ3v) is 8.83. The molecule has 6 rings (SSSR count). The number of amides is 2. The highest BCUT2D eigenvalue weighted by atomic mass is 79.9. The molecule has 1 unspecified atom stereocenters. The van der Waals surface area contributed by atoms with E-state index in [1.54, 1.807) is 43.7 Å². The fourth-order valence-corrected chi connectivity index (χ4v) is 6.30. The summed E-state index contributed by atoms with van der Waals surface area (Å²) in [4.78, 5) is 58.8. The number of nitrogens with zero attached hydrogens (tertiary/aromatic N) is 7. The van der Waals surface area contributed by atoms with Gasteiger partial charge in [0, 0.05) is 41.7 Å². The van der Waals surface area contributed by atoms with Crippen LogP contribution in [0.4, 0.5) is 5.82 Å². The second kappa shape index (κ2) is 10.8. The first-order valence-corrected chi connectivity index (χ1v) is 14.5. The Labute approximate surface area is 254 Å². The Morgan fingerprint density at radius 3 is 2.58 bits per heavy atom. The summed E-state index contributed by atoms with van der Waals surface area (Å²) in [6.45, 7) is 4.24. The summed E-state index contributed by atoms with van der Waals surface area (Å²) in [5, 5.41) is 28.2. The van der Waals surface area contributed by atoms with Gasteiger partial charge in [-0.2, -0.15) is 5.10 Å². The molecule has 4 aromatic rings. The summed E-state index contributed by atoms with van der Waals surface area (Å²) in [7, 11) is 0. The minimum absolute atomic E-state index is 0.183. The van der Waals surface area contributed by atoms with Gasteiger partial charge < -0.3 is 20.4 Å². The number of carbonyl (C=O) groups excluding carboxylic acids is 3. The van der Waals surface area contributed by atoms with E-state index in [0.717, 1.165) is 5.56 Å². The summed E-state index contributed by atoms with van der Waals surface area (Å²) in [5.41, 5.74) is 1.83. The van der Waals surface area contributed by atoms with E-state index in [-0.39, 0.29) is 24.4 Å². The van der Waals surface area contributed by atoms with Crippen LogP contribution in [0.5, 0.6) is 0 Å². The molecule has 0 bridgehead atoms. The van der Waals surface area contributed by atoms with E-state index in [2.05, 4.69) is 46.3 Å². The predicted molar refractivity (Wildman–Crippen MR) is 158 cm³/mol. The first kappa shape index (κ1) is 29.0. The van der Waals surface area contributed by atoms with Gasteiger partial charge in [0.1, 0.15) is 34.5 Å². The molecule has 1 saturated carbocycles. The molecule has 4 aromatic heterocycles. The van der Waals surface area contributed by atoms with Crippen molar-refractivity contribution < 1.29 is 24.6 Å². The molecule has 4 atom stereocenters. The van der Waals surface area contributed by atoms with Crippen molar-refractivity contribution in [2.75, 3.05) is 11.9 Å². The van der Waals surface area contributed by atoms with Gasteiger partial charge in [-0.05, 0) is 60.3 Å². The number of hydrogen-bond donors (Lipinski definition) is 3. The Morgan fingerprint density at radius 2 is 1.88 bits per heavy atom. The van der Waals surface area contributed by atoms with Gasteiger partial charge in [-0.25, -0.2) is 15.0 Å². The summed E-state index contributed by atoms with van der Waals surface area (Å²) in [6, 6.07) is 3.94. The number of ketones is 1. The lowest BCUT2D eigenvalue weighted by atomic mass is 9.93. The van der Waals surface area contributed by atoms with Gasteiger partial charge in [-0.3, -0.25) is 24.0 Å². The van der Waals surface area contributed by atoms with Crippen LogP contribution < -0.4 is 5.32 Å². The lowest BCUT2D eigenvalue weighted by Gasteiger charge is -2.27. The number of halogens is 1. The molecule has 0 radical (unpaired) electrons. The average molecular weight is 650 g/mol. The topological polar surface area (TPSA) is 176 Å². The van der Waals surface area contributed by atoms with Crippen LogP contribution in [0.1, 0.15) is 41.6 Å². The van der Waals surface area contributed by atoms with Crippen molar-refractivity contribution in [1.82, 2.24) is 34.6 Å². The molecule has 2 amide bonds. The van der Waals surface area contributed by atoms with E-state index in [0.29, 0.717) is 44.8 Å². The molecule has 13 nitrogen and oxygen atoms in total. The Morgan fingerprint density at radius 1 is 1.14 bits per heavy atom. The van der Waals surface area contributed by atoms with Crippen molar-refractivity contribution in [2.45, 2.75) is 58.3 Å². The molecule has 2 fully saturated rings. The average Bonchev–Trinajstić information content (AvgIpc) is 3.43. The number of fused-ring (bicyclic) bond motifs is 2. The Balaban J connectivity index is 1.32. The molecule has 5 heterocycles. The zero-order valence-electron chi connectivity index (χ0n) is 23.7. The van der Waals surface area contributed by atoms with Crippen molar-refractivity contribution in [3.63, 3.8) is 0 Å². The van der Waals surface area contributed by atoms with E-state index < -0.39 is 42.0 Å². The van der Waals surface area contributed by atoms with Gasteiger partial charge in [0.15, 0.2) is 5.78 Å². The molecule has 2 aliphatic rings. The van der Waals surface area contributed by atoms with E-state index >= 15 is 0 Å². The smallest absolute Gasteiger partial charge is 0.248 e. The zero-order chi connectivity index (χ0) is 30.6. The molecule has 222 valence electrons. The number of pyridine rings is 2. The normalized spacial score (nSPS) is 21.5. The van der Waals surface area contributed by atoms with E-state index in [1.165, 1.54) is 16.5 Å². The lowest BCUT2D eigenvalue weighted by Crippen LogP contribution is -2.47. The first-order chi connectivity index (χ1) is 20.5. The van der Waals surface area contributed by atoms with Gasteiger partial charge in [-0.1, -0.05) is 6.07 Å². The second-order valence-corrected chi connectivity index (χ2v) is 11.9. The Kier molecular flexibility index (Phi) is 7.30. The van der Waals surface area contributed by atoms with Crippen LogP contribution in [-0.4, -0.2) is 87.2 Å². The number of aromatic nitrogens is 6. The fourth-order valence-electron chi connectivity index (χ4n) is 5.99. The SMILES string of the molecule is CC(=O)c1nn(CC(=O)N2[C@H](C(=O)Nc3nc(Br)ccc3C)C[C@@]3(C(O)CO)C[C@@H]23)c2cnc(-c3cnc(C)nc3)cc12. The van der Waals surface area contributed by atoms with Crippen molar-refractivity contribution >= 4 is 50.2 Å². The third-order valence-electron chi connectivity index (χ3n) is 8.39. The van der Waals surface area contributed by atoms with E-state index in [4.69, 9.17) is 0 Å². The van der Waals surface area contributed by atoms with Crippen LogP contribution in [0.25, 0.3) is 22.2 Å². The number of rotatable bonds is 8. The zero-order valence-corrected chi connectivity index (χ0v) is 25.2. The number of nitrogens with one attached hydrogen (secondary N) is 1. The molecule has 43 heavy (non-hydrogen) atoms. The predicted octanol–water partition coefficient (Wildman–Crippen LogP) is 2.22. The fraction of sp³-hybridized carbons (Fsp3) is 0.379. The molecule has 0 aromatic carbocycles. The first-order valence-electron chi connectivity index (χ1n) is 13.7. The number of aliphatic hydroxyl groups is 2. The highest BCUT2D eigenvalue weighted by molar-refractivity contribution is 9.10. The van der Waals surface area contributed by atoms with Gasteiger partial charge in [0.05, 0.1) is 30.1 Å². The minimum Gasteiger partial charge on any atom is -0.394 e. The van der Waals surface area contributed by atoms with Gasteiger partial charge in [0.2, 0.25) is 11.8 Å². The van der Waals surface area contributed by atoms with E-state index in [9.17, 15) is 24.6 Å². The number of carbonyl (C=O) groups is 3. The number of Topliss-reactive ketones (excluding diaryl/α,β-unsaturated/α-hetero) is 1. The number of hydrogen-bond acceptors (Lipinski definition) is 10. The van der Waals surface area contributed by atoms with Crippen molar-refractivity contribution in [3.05, 3.63) is 58.5 Å². The summed E-state index contributed by atoms with van der Waals surface area (Å²) in [5.74, 6) is -0.168. The van der Waals surface area contributed by atoms with Crippen LogP contribution >= 0.6 is 15.9 Å². The molecule has 1 aliphatic carbocycles. The van der Waals surface area contributed by atoms with Crippen molar-refractivity contribution in [1.29, 1.82) is 0 Å². The Bertz CT molecular complexity index is 1780. The maximum Gasteiger partial charge on any atom is 0.248 e. The van der Waals surface area contributed by atoms with Crippen molar-refractivity contribution in [2.24, 2.45) is 5.41 Å². The number of anilines is 1. The number of aliphatic hydroxyl groups excluding tert-OH is 2. The van der Waals surface area contributed by atoms with Crippen LogP contribution in [0, 0.1) is 19.3 Å². The maximum absolute atomic E-state index is 13.9. The monoisotopic (exact) mass is 648 g/mol. The van der Waals surface area contributed by atoms with Crippen LogP contribution in [0.15, 0.2) is 41.4 Å².